The first-order valence-corrected chi connectivity index (χ1v) is 12.6. The van der Waals surface area contributed by atoms with Gasteiger partial charge >= 0.3 is 13.5 Å². The number of H-pyrrole nitrogens is 1. The molecule has 1 saturated heterocycles. The predicted octanol–water partition coefficient (Wildman–Crippen LogP) is 2.91. The summed E-state index contributed by atoms with van der Waals surface area (Å²) >= 11 is 0. The smallest absolute Gasteiger partial charge is 0.352 e. The lowest BCUT2D eigenvalue weighted by Crippen LogP contribution is -2.33. The number of ether oxygens (including phenoxy) is 1. The van der Waals surface area contributed by atoms with Crippen LogP contribution >= 0.6 is 7.82 Å². The molecule has 2 heterocycles. The van der Waals surface area contributed by atoms with Crippen LogP contribution in [0.3, 0.4) is 0 Å². The maximum atomic E-state index is 13.2. The second kappa shape index (κ2) is 10.8. The lowest BCUT2D eigenvalue weighted by molar-refractivity contribution is -0.130. The number of phosphoric ester groups is 1. The number of hydrogen-bond donors (Lipinski definition) is 1. The molecule has 2 atom stereocenters. The highest BCUT2D eigenvalue weighted by Crippen LogP contribution is 2.50. The van der Waals surface area contributed by atoms with Crippen molar-refractivity contribution in [1.29, 1.82) is 0 Å². The number of aromatic nitrogens is 2. The molecule has 1 fully saturated rings. The predicted molar refractivity (Wildman–Crippen MR) is 124 cm³/mol. The van der Waals surface area contributed by atoms with Crippen molar-refractivity contribution >= 4 is 19.4 Å². The topological polar surface area (TPSA) is 143 Å². The van der Waals surface area contributed by atoms with Crippen molar-refractivity contribution in [3.63, 3.8) is 0 Å². The first-order chi connectivity index (χ1) is 15.5. The number of carbonyl (C=O) groups excluding carboxylic acids is 2. The van der Waals surface area contributed by atoms with Crippen LogP contribution < -0.4 is 11.2 Å². The van der Waals surface area contributed by atoms with E-state index in [0.717, 1.165) is 0 Å². The van der Waals surface area contributed by atoms with E-state index in [1.165, 1.54) is 10.8 Å². The average molecular weight is 503 g/mol. The molecule has 0 amide bonds. The molecule has 0 saturated carbocycles. The summed E-state index contributed by atoms with van der Waals surface area (Å²) in [6.45, 7) is 10.5. The van der Waals surface area contributed by atoms with Crippen molar-refractivity contribution in [3.8, 4) is 0 Å². The summed E-state index contributed by atoms with van der Waals surface area (Å²) in [5.74, 6) is -0.626. The first-order valence-electron chi connectivity index (χ1n) is 11.1. The number of ketones is 2. The van der Waals surface area contributed by atoms with Crippen molar-refractivity contribution < 1.29 is 32.5 Å². The van der Waals surface area contributed by atoms with Gasteiger partial charge in [0, 0.05) is 22.6 Å². The summed E-state index contributed by atoms with van der Waals surface area (Å²) < 4.78 is 36.3. The quantitative estimate of drug-likeness (QED) is 0.478. The Morgan fingerprint density at radius 2 is 1.56 bits per heavy atom. The third kappa shape index (κ3) is 7.81. The van der Waals surface area contributed by atoms with E-state index in [9.17, 15) is 23.7 Å². The van der Waals surface area contributed by atoms with Gasteiger partial charge in [0.1, 0.15) is 19.4 Å². The maximum Gasteiger partial charge on any atom is 0.475 e. The molecule has 1 aromatic rings. The van der Waals surface area contributed by atoms with Crippen molar-refractivity contribution in [2.45, 2.75) is 73.6 Å². The Labute approximate surface area is 198 Å². The van der Waals surface area contributed by atoms with Gasteiger partial charge in [0.25, 0.3) is 5.56 Å². The number of nitrogens with zero attached hydrogens (tertiary/aromatic N) is 1. The summed E-state index contributed by atoms with van der Waals surface area (Å²) in [5, 5.41) is 0. The van der Waals surface area contributed by atoms with Crippen LogP contribution in [0.15, 0.2) is 15.8 Å². The van der Waals surface area contributed by atoms with E-state index < -0.39 is 55.4 Å². The number of aryl methyl sites for hydroxylation is 1. The molecule has 2 rings (SSSR count). The SMILES string of the molecule is Cc1cn(C2CCC(COP(=O)(OCC(=O)C(C)(C)C)OCC(=O)C(C)(C)C)O2)c(=O)[nH]c1=O. The Kier molecular flexibility index (Phi) is 8.99. The van der Waals surface area contributed by atoms with Crippen LogP contribution in [0.5, 0.6) is 0 Å². The Hall–Kier alpha value is -1.91. The molecule has 1 aromatic heterocycles. The zero-order valence-corrected chi connectivity index (χ0v) is 21.7. The van der Waals surface area contributed by atoms with Crippen LogP contribution in [-0.4, -0.2) is 47.0 Å². The molecule has 0 aliphatic carbocycles. The summed E-state index contributed by atoms with van der Waals surface area (Å²) in [7, 11) is -4.27. The Bertz CT molecular complexity index is 1030. The summed E-state index contributed by atoms with van der Waals surface area (Å²) in [6.07, 6.45) is 1.15. The zero-order valence-electron chi connectivity index (χ0n) is 20.8. The zero-order chi connectivity index (χ0) is 25.9. The molecule has 11 nitrogen and oxygen atoms in total. The Morgan fingerprint density at radius 3 is 2.06 bits per heavy atom. The van der Waals surface area contributed by atoms with Gasteiger partial charge in [-0.3, -0.25) is 37.5 Å². The maximum absolute atomic E-state index is 13.2. The number of rotatable bonds is 10. The molecule has 1 aliphatic rings. The highest BCUT2D eigenvalue weighted by Gasteiger charge is 2.36. The van der Waals surface area contributed by atoms with E-state index in [2.05, 4.69) is 4.98 Å². The fourth-order valence-electron chi connectivity index (χ4n) is 2.81. The van der Waals surface area contributed by atoms with E-state index in [4.69, 9.17) is 18.3 Å². The van der Waals surface area contributed by atoms with Crippen LogP contribution in [0, 0.1) is 17.8 Å². The van der Waals surface area contributed by atoms with Crippen molar-refractivity contribution in [2.24, 2.45) is 10.8 Å². The van der Waals surface area contributed by atoms with E-state index in [1.807, 2.05) is 0 Å². The summed E-state index contributed by atoms with van der Waals surface area (Å²) in [6, 6.07) is 0. The normalized spacial score (nSPS) is 19.4. The van der Waals surface area contributed by atoms with E-state index >= 15 is 0 Å². The second-order valence-corrected chi connectivity index (χ2v) is 12.1. The van der Waals surface area contributed by atoms with Crippen molar-refractivity contribution in [2.75, 3.05) is 19.8 Å². The second-order valence-electron chi connectivity index (χ2n) is 10.4. The summed E-state index contributed by atoms with van der Waals surface area (Å²) in [4.78, 5) is 50.4. The fourth-order valence-corrected chi connectivity index (χ4v) is 3.93. The van der Waals surface area contributed by atoms with Crippen LogP contribution in [0.4, 0.5) is 0 Å². The molecule has 0 bridgehead atoms. The molecule has 0 spiro atoms. The standard InChI is InChI=1S/C22H35N2O9P/c1-14-10-24(20(28)23-19(14)27)18-9-8-15(33-18)11-30-34(29,31-12-16(25)21(2,3)4)32-13-17(26)22(5,6)7/h10,15,18H,8-9,11-13H2,1-7H3,(H,23,27,28). The number of phosphoric acid groups is 1. The van der Waals surface area contributed by atoms with Gasteiger partial charge in [0.05, 0.1) is 12.7 Å². The van der Waals surface area contributed by atoms with Gasteiger partial charge in [-0.25, -0.2) is 9.36 Å². The molecule has 0 aromatic carbocycles. The lowest BCUT2D eigenvalue weighted by atomic mass is 9.91. The number of Topliss-reactive ketones (excluding diaryl/α,β-unsaturated/α-hetero) is 2. The molecular weight excluding hydrogens is 467 g/mol. The van der Waals surface area contributed by atoms with Crippen LogP contribution in [-0.2, 0) is 32.5 Å². The number of aromatic amines is 1. The van der Waals surface area contributed by atoms with Crippen LogP contribution in [0.1, 0.15) is 66.2 Å². The Balaban J connectivity index is 2.06. The molecule has 34 heavy (non-hydrogen) atoms. The molecule has 2 unspecified atom stereocenters. The van der Waals surface area contributed by atoms with Gasteiger partial charge in [-0.1, -0.05) is 41.5 Å². The molecule has 12 heteroatoms. The van der Waals surface area contributed by atoms with Gasteiger partial charge in [-0.15, -0.1) is 0 Å². The lowest BCUT2D eigenvalue weighted by Gasteiger charge is -2.23. The van der Waals surface area contributed by atoms with E-state index in [1.54, 1.807) is 48.5 Å². The highest BCUT2D eigenvalue weighted by molar-refractivity contribution is 7.48. The molecule has 192 valence electrons. The van der Waals surface area contributed by atoms with Gasteiger partial charge in [-0.2, -0.15) is 0 Å². The molecule has 1 aliphatic heterocycles. The fraction of sp³-hybridized carbons (Fsp3) is 0.727. The molecule has 0 radical (unpaired) electrons. The molecule has 1 N–H and O–H groups in total. The number of hydrogen-bond acceptors (Lipinski definition) is 9. The van der Waals surface area contributed by atoms with Gasteiger partial charge in [-0.05, 0) is 19.8 Å². The third-order valence-corrected chi connectivity index (χ3v) is 6.70. The number of carbonyl (C=O) groups is 2. The Morgan fingerprint density at radius 1 is 1.03 bits per heavy atom. The van der Waals surface area contributed by atoms with Gasteiger partial charge in [0.15, 0.2) is 11.6 Å². The van der Waals surface area contributed by atoms with Gasteiger partial charge < -0.3 is 4.74 Å². The van der Waals surface area contributed by atoms with Gasteiger partial charge in [0.2, 0.25) is 0 Å². The van der Waals surface area contributed by atoms with E-state index in [-0.39, 0.29) is 18.2 Å². The van der Waals surface area contributed by atoms with E-state index in [0.29, 0.717) is 18.4 Å². The minimum Gasteiger partial charge on any atom is -0.352 e. The van der Waals surface area contributed by atoms with Crippen LogP contribution in [0.2, 0.25) is 0 Å². The third-order valence-electron chi connectivity index (χ3n) is 5.34. The van der Waals surface area contributed by atoms with Crippen LogP contribution in [0.25, 0.3) is 0 Å². The first kappa shape index (κ1) is 28.3. The summed E-state index contributed by atoms with van der Waals surface area (Å²) in [5.41, 5.74) is -2.16. The largest absolute Gasteiger partial charge is 0.475 e. The van der Waals surface area contributed by atoms with Crippen molar-refractivity contribution in [1.82, 2.24) is 9.55 Å². The number of nitrogens with one attached hydrogen (secondary N) is 1. The molecular formula is C22H35N2O9P. The highest BCUT2D eigenvalue weighted by atomic mass is 31.2. The minimum absolute atomic E-state index is 0.210. The minimum atomic E-state index is -4.27. The monoisotopic (exact) mass is 502 g/mol. The average Bonchev–Trinajstić information content (AvgIpc) is 3.19. The van der Waals surface area contributed by atoms with Crippen molar-refractivity contribution in [3.05, 3.63) is 32.6 Å².